The molecule has 1 N–H and O–H groups in total. The van der Waals surface area contributed by atoms with Crippen molar-refractivity contribution in [3.8, 4) is 0 Å². The number of hydrogen-bond acceptors (Lipinski definition) is 3. The number of carbonyl (C=O) groups excluding carboxylic acids is 2. The van der Waals surface area contributed by atoms with Crippen molar-refractivity contribution in [2.45, 2.75) is 39.2 Å². The van der Waals surface area contributed by atoms with Crippen molar-refractivity contribution >= 4 is 17.5 Å². The number of nitrogens with one attached hydrogen (secondary N) is 1. The molecule has 0 bridgehead atoms. The summed E-state index contributed by atoms with van der Waals surface area (Å²) in [6.45, 7) is 6.52. The summed E-state index contributed by atoms with van der Waals surface area (Å²) in [5, 5.41) is 2.96. The normalized spacial score (nSPS) is 23.5. The highest BCUT2D eigenvalue weighted by atomic mass is 16.5. The van der Waals surface area contributed by atoms with E-state index < -0.39 is 0 Å². The van der Waals surface area contributed by atoms with Crippen molar-refractivity contribution in [2.24, 2.45) is 11.8 Å². The molecule has 158 valence electrons. The summed E-state index contributed by atoms with van der Waals surface area (Å²) in [4.78, 5) is 27.9. The van der Waals surface area contributed by atoms with Crippen LogP contribution in [0.1, 0.15) is 54.3 Å². The predicted octanol–water partition coefficient (Wildman–Crippen LogP) is 4.45. The Morgan fingerprint density at radius 1 is 1.03 bits per heavy atom. The maximum Gasteiger partial charge on any atom is 0.255 e. The molecule has 0 aromatic heterocycles. The molecule has 2 aromatic rings. The lowest BCUT2D eigenvalue weighted by atomic mass is 9.91. The zero-order valence-corrected chi connectivity index (χ0v) is 17.8. The van der Waals surface area contributed by atoms with Gasteiger partial charge in [-0.2, -0.15) is 0 Å². The second-order valence-electron chi connectivity index (χ2n) is 8.76. The lowest BCUT2D eigenvalue weighted by Gasteiger charge is -2.35. The molecule has 2 aliphatic rings. The minimum atomic E-state index is -0.249. The van der Waals surface area contributed by atoms with Gasteiger partial charge in [-0.25, -0.2) is 0 Å². The van der Waals surface area contributed by atoms with Gasteiger partial charge in [0.25, 0.3) is 5.91 Å². The van der Waals surface area contributed by atoms with E-state index in [4.69, 9.17) is 4.74 Å². The number of likely N-dealkylation sites (tertiary alicyclic amines) is 1. The van der Waals surface area contributed by atoms with E-state index in [2.05, 4.69) is 25.2 Å². The fourth-order valence-corrected chi connectivity index (χ4v) is 4.79. The Labute approximate surface area is 178 Å². The summed E-state index contributed by atoms with van der Waals surface area (Å²) in [5.41, 5.74) is 3.45. The number of para-hydroxylation sites is 1. The lowest BCUT2D eigenvalue weighted by Crippen LogP contribution is -2.42. The zero-order chi connectivity index (χ0) is 21.1. The van der Waals surface area contributed by atoms with Gasteiger partial charge in [0.05, 0.1) is 30.4 Å². The largest absolute Gasteiger partial charge is 0.373 e. The Hall–Kier alpha value is -2.66. The number of piperidine rings is 1. The van der Waals surface area contributed by atoms with Gasteiger partial charge in [-0.15, -0.1) is 0 Å². The van der Waals surface area contributed by atoms with Crippen LogP contribution in [0, 0.1) is 11.8 Å². The fourth-order valence-electron chi connectivity index (χ4n) is 4.79. The summed E-state index contributed by atoms with van der Waals surface area (Å²) in [6, 6.07) is 15.4. The average Bonchev–Trinajstić information content (AvgIpc) is 2.73. The molecule has 0 unspecified atom stereocenters. The topological polar surface area (TPSA) is 58.6 Å². The van der Waals surface area contributed by atoms with Gasteiger partial charge in [0.15, 0.2) is 0 Å². The van der Waals surface area contributed by atoms with E-state index in [-0.39, 0.29) is 24.3 Å². The summed E-state index contributed by atoms with van der Waals surface area (Å²) in [6.07, 6.45) is 2.00. The predicted molar refractivity (Wildman–Crippen MR) is 117 cm³/mol. The monoisotopic (exact) mass is 406 g/mol. The number of fused-ring (bicyclic) bond motifs is 1. The molecule has 0 radical (unpaired) electrons. The molecule has 1 saturated heterocycles. The van der Waals surface area contributed by atoms with Gasteiger partial charge < -0.3 is 15.0 Å². The van der Waals surface area contributed by atoms with E-state index in [9.17, 15) is 9.59 Å². The first-order valence-corrected chi connectivity index (χ1v) is 10.9. The molecule has 2 amide bonds. The maximum absolute atomic E-state index is 13.2. The Balaban J connectivity index is 1.47. The van der Waals surface area contributed by atoms with Gasteiger partial charge in [0.1, 0.15) is 0 Å². The van der Waals surface area contributed by atoms with Crippen molar-refractivity contribution in [3.63, 3.8) is 0 Å². The molecule has 2 aliphatic heterocycles. The quantitative estimate of drug-likeness (QED) is 0.816. The summed E-state index contributed by atoms with van der Waals surface area (Å²) >= 11 is 0. The van der Waals surface area contributed by atoms with Crippen LogP contribution in [0.2, 0.25) is 0 Å². The maximum atomic E-state index is 13.2. The van der Waals surface area contributed by atoms with Crippen LogP contribution in [0.3, 0.4) is 0 Å². The van der Waals surface area contributed by atoms with Crippen molar-refractivity contribution in [1.82, 2.24) is 4.90 Å². The third-order valence-electron chi connectivity index (χ3n) is 6.05. The van der Waals surface area contributed by atoms with E-state index in [0.717, 1.165) is 31.5 Å². The van der Waals surface area contributed by atoms with Gasteiger partial charge in [-0.3, -0.25) is 9.59 Å². The molecule has 5 heteroatoms. The van der Waals surface area contributed by atoms with Crippen LogP contribution in [0.5, 0.6) is 0 Å². The van der Waals surface area contributed by atoms with Crippen LogP contribution < -0.4 is 5.32 Å². The van der Waals surface area contributed by atoms with Crippen LogP contribution >= 0.6 is 0 Å². The minimum Gasteiger partial charge on any atom is -0.373 e. The number of benzene rings is 2. The van der Waals surface area contributed by atoms with E-state index in [0.29, 0.717) is 29.7 Å². The third kappa shape index (κ3) is 4.57. The third-order valence-corrected chi connectivity index (χ3v) is 6.05. The van der Waals surface area contributed by atoms with E-state index >= 15 is 0 Å². The highest BCUT2D eigenvalue weighted by Crippen LogP contribution is 2.30. The van der Waals surface area contributed by atoms with Crippen LogP contribution in [-0.2, 0) is 16.0 Å². The van der Waals surface area contributed by atoms with Gasteiger partial charge >= 0.3 is 0 Å². The summed E-state index contributed by atoms with van der Waals surface area (Å²) in [7, 11) is 0. The number of amides is 2. The fraction of sp³-hybridized carbons (Fsp3) is 0.440. The first-order chi connectivity index (χ1) is 14.5. The van der Waals surface area contributed by atoms with Gasteiger partial charge in [-0.1, -0.05) is 50.2 Å². The van der Waals surface area contributed by atoms with Crippen LogP contribution in [-0.4, -0.2) is 36.4 Å². The Morgan fingerprint density at radius 3 is 2.53 bits per heavy atom. The average molecular weight is 407 g/mol. The van der Waals surface area contributed by atoms with Crippen LogP contribution in [0.15, 0.2) is 48.5 Å². The van der Waals surface area contributed by atoms with Gasteiger partial charge in [0.2, 0.25) is 5.91 Å². The smallest absolute Gasteiger partial charge is 0.255 e. The molecule has 0 spiro atoms. The number of hydrogen-bond donors (Lipinski definition) is 1. The molecular weight excluding hydrogens is 376 g/mol. The van der Waals surface area contributed by atoms with Crippen molar-refractivity contribution < 1.29 is 14.3 Å². The molecule has 4 rings (SSSR count). The molecule has 30 heavy (non-hydrogen) atoms. The van der Waals surface area contributed by atoms with Crippen LogP contribution in [0.25, 0.3) is 0 Å². The van der Waals surface area contributed by atoms with E-state index in [1.165, 1.54) is 5.56 Å². The van der Waals surface area contributed by atoms with Crippen molar-refractivity contribution in [2.75, 3.05) is 25.0 Å². The lowest BCUT2D eigenvalue weighted by molar-refractivity contribution is -0.119. The SMILES string of the molecule is C[C@@H]1C[C@H](C)CN(C(=O)c2ccccc2NC(=O)C[C@H]2OCCc3ccccc32)C1. The van der Waals surface area contributed by atoms with Crippen molar-refractivity contribution in [1.29, 1.82) is 0 Å². The van der Waals surface area contributed by atoms with E-state index in [1.54, 1.807) is 12.1 Å². The molecule has 2 aromatic carbocycles. The number of carbonyl (C=O) groups is 2. The molecule has 2 heterocycles. The van der Waals surface area contributed by atoms with Gasteiger partial charge in [0, 0.05) is 13.1 Å². The highest BCUT2D eigenvalue weighted by Gasteiger charge is 2.28. The standard InChI is InChI=1S/C25H30N2O3/c1-17-13-18(2)16-27(15-17)25(29)21-9-5-6-10-22(21)26-24(28)14-23-20-8-4-3-7-19(20)11-12-30-23/h3-10,17-18,23H,11-16H2,1-2H3,(H,26,28)/t17-,18+,23-/m1/s1. The highest BCUT2D eigenvalue weighted by molar-refractivity contribution is 6.03. The van der Waals surface area contributed by atoms with Crippen LogP contribution in [0.4, 0.5) is 5.69 Å². The second kappa shape index (κ2) is 9.00. The van der Waals surface area contributed by atoms with E-state index in [1.807, 2.05) is 35.2 Å². The molecule has 1 fully saturated rings. The molecule has 3 atom stereocenters. The Kier molecular flexibility index (Phi) is 6.18. The van der Waals surface area contributed by atoms with Gasteiger partial charge in [-0.05, 0) is 47.9 Å². The molecule has 0 aliphatic carbocycles. The molecule has 0 saturated carbocycles. The summed E-state index contributed by atoms with van der Waals surface area (Å²) in [5.74, 6) is 0.826. The molecule has 5 nitrogen and oxygen atoms in total. The number of nitrogens with zero attached hydrogens (tertiary/aromatic N) is 1. The molecular formula is C25H30N2O3. The van der Waals surface area contributed by atoms with Crippen molar-refractivity contribution in [3.05, 3.63) is 65.2 Å². The Morgan fingerprint density at radius 2 is 1.73 bits per heavy atom. The first kappa shape index (κ1) is 20.6. The second-order valence-corrected chi connectivity index (χ2v) is 8.76. The Bertz CT molecular complexity index is 916. The number of rotatable bonds is 4. The minimum absolute atomic E-state index is 0.0106. The number of ether oxygens (including phenoxy) is 1. The first-order valence-electron chi connectivity index (χ1n) is 10.9. The zero-order valence-electron chi connectivity index (χ0n) is 17.8. The number of anilines is 1. The summed E-state index contributed by atoms with van der Waals surface area (Å²) < 4.78 is 5.87.